The Morgan fingerprint density at radius 3 is 2.24 bits per heavy atom. The van der Waals surface area contributed by atoms with E-state index in [4.69, 9.17) is 5.73 Å². The van der Waals surface area contributed by atoms with Crippen LogP contribution < -0.4 is 16.0 Å². The van der Waals surface area contributed by atoms with E-state index in [9.17, 15) is 34.8 Å². The zero-order chi connectivity index (χ0) is 28.7. The number of likely N-dealkylation sites (N-methyl/N-ethyl adjacent to an activating group) is 1. The zero-order valence-corrected chi connectivity index (χ0v) is 22.7. The first-order valence-corrected chi connectivity index (χ1v) is 12.4. The van der Waals surface area contributed by atoms with Gasteiger partial charge >= 0.3 is 0 Å². The van der Waals surface area contributed by atoms with Gasteiger partial charge in [0.05, 0.1) is 17.1 Å². The van der Waals surface area contributed by atoms with E-state index in [0.717, 1.165) is 0 Å². The van der Waals surface area contributed by atoms with Crippen molar-refractivity contribution in [3.8, 4) is 5.75 Å². The van der Waals surface area contributed by atoms with Crippen molar-refractivity contribution in [3.05, 3.63) is 40.2 Å². The molecule has 3 aliphatic carbocycles. The molecule has 4 atom stereocenters. The first-order valence-electron chi connectivity index (χ1n) is 12.4. The first-order chi connectivity index (χ1) is 17.4. The Morgan fingerprint density at radius 2 is 1.71 bits per heavy atom. The van der Waals surface area contributed by atoms with Crippen molar-refractivity contribution in [1.29, 1.82) is 0 Å². The van der Waals surface area contributed by atoms with Crippen LogP contribution in [0.1, 0.15) is 38.3 Å². The molecule has 0 unspecified atom stereocenters. The molecule has 1 fully saturated rings. The van der Waals surface area contributed by atoms with Gasteiger partial charge in [0.15, 0.2) is 11.5 Å². The van der Waals surface area contributed by atoms with E-state index in [2.05, 4.69) is 5.32 Å². The van der Waals surface area contributed by atoms with Crippen LogP contribution in [-0.2, 0) is 20.8 Å². The molecule has 1 aromatic rings. The standard InChI is InChI=1S/C27H36N4O7/c1-25(2,3)29-24(37)18-20(34)21(31(6)7)26(28)11-12-10-13-14(30(4)5)8-9-15(32)17(13)19(33)16(12)22(35)27(26,38)23(18)36/h8-9,12,21,32-33,36,38H,10-11,28H2,1-7H3,(H,29,37)/t12-,21+,26+,27-/m0/s1. The number of aliphatic hydroxyl groups is 3. The van der Waals surface area contributed by atoms with Gasteiger partial charge in [-0.3, -0.25) is 19.3 Å². The summed E-state index contributed by atoms with van der Waals surface area (Å²) in [5, 5.41) is 47.8. The molecule has 11 heteroatoms. The molecule has 0 bridgehead atoms. The monoisotopic (exact) mass is 528 g/mol. The number of nitrogens with one attached hydrogen (secondary N) is 1. The molecule has 0 radical (unpaired) electrons. The van der Waals surface area contributed by atoms with Crippen LogP contribution in [0.25, 0.3) is 5.76 Å². The van der Waals surface area contributed by atoms with Crippen LogP contribution in [0.4, 0.5) is 5.69 Å². The summed E-state index contributed by atoms with van der Waals surface area (Å²) >= 11 is 0. The maximum atomic E-state index is 14.1. The molecule has 0 aromatic heterocycles. The molecule has 206 valence electrons. The molecule has 38 heavy (non-hydrogen) atoms. The average molecular weight is 529 g/mol. The Labute approximate surface area is 221 Å². The van der Waals surface area contributed by atoms with Gasteiger partial charge in [-0.2, -0.15) is 0 Å². The number of phenols is 1. The molecule has 7 N–H and O–H groups in total. The van der Waals surface area contributed by atoms with E-state index < -0.39 is 63.2 Å². The molecule has 0 spiro atoms. The summed E-state index contributed by atoms with van der Waals surface area (Å²) in [6.45, 7) is 5.02. The number of hydrogen-bond acceptors (Lipinski definition) is 10. The number of aliphatic hydroxyl groups excluding tert-OH is 2. The number of aromatic hydroxyl groups is 1. The number of fused-ring (bicyclic) bond motifs is 3. The SMILES string of the molecule is CN(C)c1ccc(O)c2c1C[C@H]1C[C@@]3(N)[C@H](N(C)C)C(=O)C(C(=O)NC(C)(C)C)=C(O)[C@@]3(O)C(=O)C1=C2O. The van der Waals surface area contributed by atoms with Gasteiger partial charge in [0.1, 0.15) is 17.1 Å². The predicted octanol–water partition coefficient (Wildman–Crippen LogP) is 0.541. The molecule has 0 heterocycles. The van der Waals surface area contributed by atoms with Crippen LogP contribution >= 0.6 is 0 Å². The van der Waals surface area contributed by atoms with Crippen molar-refractivity contribution < 1.29 is 34.8 Å². The Kier molecular flexibility index (Phi) is 6.22. The van der Waals surface area contributed by atoms with Crippen molar-refractivity contribution in [3.63, 3.8) is 0 Å². The van der Waals surface area contributed by atoms with Gasteiger partial charge in [-0.1, -0.05) is 0 Å². The third-order valence-corrected chi connectivity index (χ3v) is 7.72. The van der Waals surface area contributed by atoms with Gasteiger partial charge in [-0.25, -0.2) is 0 Å². The fraction of sp³-hybridized carbons (Fsp3) is 0.519. The topological polar surface area (TPSA) is 177 Å². The van der Waals surface area contributed by atoms with E-state index in [-0.39, 0.29) is 29.7 Å². The number of Topliss-reactive ketones (excluding diaryl/α,β-unsaturated/α-hetero) is 2. The molecular weight excluding hydrogens is 492 g/mol. The van der Waals surface area contributed by atoms with Crippen LogP contribution in [0.5, 0.6) is 5.75 Å². The van der Waals surface area contributed by atoms with Gasteiger partial charge in [-0.15, -0.1) is 0 Å². The summed E-state index contributed by atoms with van der Waals surface area (Å²) < 4.78 is 0. The lowest BCUT2D eigenvalue weighted by atomic mass is 9.53. The minimum absolute atomic E-state index is 0.0501. The highest BCUT2D eigenvalue weighted by atomic mass is 16.4. The average Bonchev–Trinajstić information content (AvgIpc) is 2.74. The van der Waals surface area contributed by atoms with E-state index >= 15 is 0 Å². The Bertz CT molecular complexity index is 1320. The number of hydrogen-bond donors (Lipinski definition) is 6. The van der Waals surface area contributed by atoms with Crippen LogP contribution in [0.15, 0.2) is 29.0 Å². The number of carbonyl (C=O) groups excluding carboxylic acids is 3. The minimum atomic E-state index is -2.90. The lowest BCUT2D eigenvalue weighted by molar-refractivity contribution is -0.157. The van der Waals surface area contributed by atoms with Crippen LogP contribution in [-0.4, -0.2) is 93.7 Å². The van der Waals surface area contributed by atoms with E-state index in [0.29, 0.717) is 11.3 Å². The number of anilines is 1. The Hall–Kier alpha value is -3.41. The van der Waals surface area contributed by atoms with Crippen molar-refractivity contribution in [2.45, 2.75) is 56.3 Å². The second kappa shape index (κ2) is 8.55. The number of carbonyl (C=O) groups is 3. The quantitative estimate of drug-likeness (QED) is 0.304. The van der Waals surface area contributed by atoms with Crippen LogP contribution in [0, 0.1) is 5.92 Å². The molecule has 1 aromatic carbocycles. The smallest absolute Gasteiger partial charge is 0.258 e. The molecule has 1 amide bonds. The zero-order valence-electron chi connectivity index (χ0n) is 22.7. The highest BCUT2D eigenvalue weighted by molar-refractivity contribution is 6.26. The predicted molar refractivity (Wildman–Crippen MR) is 141 cm³/mol. The van der Waals surface area contributed by atoms with Crippen molar-refractivity contribution in [1.82, 2.24) is 10.2 Å². The lowest BCUT2D eigenvalue weighted by Crippen LogP contribution is -2.80. The summed E-state index contributed by atoms with van der Waals surface area (Å²) in [6, 6.07) is 1.73. The summed E-state index contributed by atoms with van der Waals surface area (Å²) in [5.41, 5.74) is 1.40. The maximum absolute atomic E-state index is 14.1. The van der Waals surface area contributed by atoms with Crippen LogP contribution in [0.2, 0.25) is 0 Å². The number of phenolic OH excluding ortho intramolecular Hbond substituents is 1. The molecule has 1 saturated carbocycles. The van der Waals surface area contributed by atoms with Gasteiger partial charge in [-0.05, 0) is 71.3 Å². The minimum Gasteiger partial charge on any atom is -0.508 e. The summed E-state index contributed by atoms with van der Waals surface area (Å²) in [6.07, 6.45) is -0.00297. The largest absolute Gasteiger partial charge is 0.508 e. The van der Waals surface area contributed by atoms with Gasteiger partial charge in [0.25, 0.3) is 5.91 Å². The fourth-order valence-corrected chi connectivity index (χ4v) is 6.24. The second-order valence-corrected chi connectivity index (χ2v) is 12.0. The third-order valence-electron chi connectivity index (χ3n) is 7.72. The number of benzene rings is 1. The number of nitrogens with two attached hydrogens (primary N) is 1. The number of ketones is 2. The second-order valence-electron chi connectivity index (χ2n) is 12.0. The van der Waals surface area contributed by atoms with Crippen molar-refractivity contribution in [2.24, 2.45) is 11.7 Å². The highest BCUT2D eigenvalue weighted by Gasteiger charge is 2.71. The number of nitrogens with zero attached hydrogens (tertiary/aromatic N) is 2. The van der Waals surface area contributed by atoms with Gasteiger partial charge < -0.3 is 36.4 Å². The van der Waals surface area contributed by atoms with E-state index in [1.165, 1.54) is 25.1 Å². The lowest BCUT2D eigenvalue weighted by Gasteiger charge is -2.56. The van der Waals surface area contributed by atoms with Crippen molar-refractivity contribution in [2.75, 3.05) is 33.1 Å². The highest BCUT2D eigenvalue weighted by Crippen LogP contribution is 2.54. The first kappa shape index (κ1) is 27.6. The molecular formula is C27H36N4O7. The van der Waals surface area contributed by atoms with Crippen molar-refractivity contribution >= 4 is 28.9 Å². The fourth-order valence-electron chi connectivity index (χ4n) is 6.24. The Morgan fingerprint density at radius 1 is 1.11 bits per heavy atom. The van der Waals surface area contributed by atoms with Crippen LogP contribution in [0.3, 0.4) is 0 Å². The normalized spacial score (nSPS) is 29.2. The molecule has 0 aliphatic heterocycles. The molecule has 4 rings (SSSR count). The number of amides is 1. The molecule has 0 saturated heterocycles. The van der Waals surface area contributed by atoms with Gasteiger partial charge in [0, 0.05) is 30.9 Å². The van der Waals surface area contributed by atoms with Gasteiger partial charge in [0.2, 0.25) is 11.4 Å². The Balaban J connectivity index is 2.01. The molecule has 3 aliphatic rings. The number of rotatable bonds is 3. The third kappa shape index (κ3) is 3.63. The molecule has 11 nitrogen and oxygen atoms in total. The maximum Gasteiger partial charge on any atom is 0.258 e. The summed E-state index contributed by atoms with van der Waals surface area (Å²) in [7, 11) is 6.66. The van der Waals surface area contributed by atoms with E-state index in [1.54, 1.807) is 45.8 Å². The van der Waals surface area contributed by atoms with E-state index in [1.807, 2.05) is 0 Å². The summed E-state index contributed by atoms with van der Waals surface area (Å²) in [4.78, 5) is 44.2. The summed E-state index contributed by atoms with van der Waals surface area (Å²) in [5.74, 6) is -5.59.